The lowest BCUT2D eigenvalue weighted by Crippen LogP contribution is -2.27. The fraction of sp³-hybridized carbons (Fsp3) is 0.500. The molecule has 0 radical (unpaired) electrons. The Morgan fingerprint density at radius 2 is 2.50 bits per heavy atom. The fourth-order valence-corrected chi connectivity index (χ4v) is 1.62. The number of nitriles is 1. The molecule has 16 heavy (non-hydrogen) atoms. The summed E-state index contributed by atoms with van der Waals surface area (Å²) in [5.74, 6) is 0.570. The first-order valence-electron chi connectivity index (χ1n) is 5.07. The van der Waals surface area contributed by atoms with E-state index in [4.69, 9.17) is 10.00 Å². The van der Waals surface area contributed by atoms with Crippen LogP contribution in [0, 0.1) is 11.3 Å². The van der Waals surface area contributed by atoms with E-state index in [-0.39, 0.29) is 12.1 Å². The summed E-state index contributed by atoms with van der Waals surface area (Å²) in [6.45, 7) is 1.58. The molecule has 6 nitrogen and oxygen atoms in total. The Kier molecular flexibility index (Phi) is 3.29. The molecule has 0 amide bonds. The number of hydrogen-bond acceptors (Lipinski definition) is 5. The summed E-state index contributed by atoms with van der Waals surface area (Å²) in [6, 6.07) is 1.96. The molecule has 0 saturated carbocycles. The molecule has 84 valence electrons. The molecule has 6 heteroatoms. The Bertz CT molecular complexity index is 475. The number of ether oxygens (including phenoxy) is 1. The second kappa shape index (κ2) is 4.88. The normalized spacial score (nSPS) is 14.2. The average molecular weight is 220 g/mol. The molecule has 2 N–H and O–H groups in total. The highest BCUT2D eigenvalue weighted by molar-refractivity contribution is 5.19. The molecular formula is C10H12N4O2. The van der Waals surface area contributed by atoms with Gasteiger partial charge in [0.15, 0.2) is 0 Å². The molecule has 2 rings (SSSR count). The number of aromatic amines is 1. The van der Waals surface area contributed by atoms with E-state index in [1.165, 1.54) is 0 Å². The highest BCUT2D eigenvalue weighted by Gasteiger charge is 2.15. The average Bonchev–Trinajstić information content (AvgIpc) is 2.30. The Hall–Kier alpha value is -1.71. The van der Waals surface area contributed by atoms with Gasteiger partial charge < -0.3 is 9.72 Å². The Labute approximate surface area is 92.3 Å². The molecule has 0 unspecified atom stereocenters. The SMILES string of the molecule is N#CCNCc1nc2c(c(=O)[nH]1)COCC2. The second-order valence-electron chi connectivity index (χ2n) is 3.50. The zero-order valence-corrected chi connectivity index (χ0v) is 8.75. The summed E-state index contributed by atoms with van der Waals surface area (Å²) in [5, 5.41) is 11.2. The maximum Gasteiger partial charge on any atom is 0.256 e. The van der Waals surface area contributed by atoms with E-state index in [2.05, 4.69) is 15.3 Å². The van der Waals surface area contributed by atoms with Crippen LogP contribution in [0.2, 0.25) is 0 Å². The van der Waals surface area contributed by atoms with Crippen LogP contribution < -0.4 is 10.9 Å². The maximum atomic E-state index is 11.6. The summed E-state index contributed by atoms with van der Waals surface area (Å²) in [7, 11) is 0. The molecule has 0 saturated heterocycles. The van der Waals surface area contributed by atoms with Crippen LogP contribution in [0.5, 0.6) is 0 Å². The van der Waals surface area contributed by atoms with Gasteiger partial charge >= 0.3 is 0 Å². The van der Waals surface area contributed by atoms with Gasteiger partial charge in [0.05, 0.1) is 43.6 Å². The number of fused-ring (bicyclic) bond motifs is 1. The number of nitrogens with one attached hydrogen (secondary N) is 2. The van der Waals surface area contributed by atoms with Gasteiger partial charge in [-0.2, -0.15) is 5.26 Å². The maximum absolute atomic E-state index is 11.6. The van der Waals surface area contributed by atoms with E-state index in [0.29, 0.717) is 37.6 Å². The lowest BCUT2D eigenvalue weighted by Gasteiger charge is -2.15. The predicted octanol–water partition coefficient (Wildman–Crippen LogP) is -0.544. The molecule has 0 aromatic carbocycles. The van der Waals surface area contributed by atoms with Gasteiger partial charge in [0.25, 0.3) is 5.56 Å². The van der Waals surface area contributed by atoms with Gasteiger partial charge in [0, 0.05) is 6.42 Å². The predicted molar refractivity (Wildman–Crippen MR) is 55.5 cm³/mol. The smallest absolute Gasteiger partial charge is 0.256 e. The molecule has 0 atom stereocenters. The zero-order chi connectivity index (χ0) is 11.4. The topological polar surface area (TPSA) is 90.8 Å². The van der Waals surface area contributed by atoms with Crippen molar-refractivity contribution in [1.29, 1.82) is 5.26 Å². The van der Waals surface area contributed by atoms with E-state index < -0.39 is 0 Å². The molecule has 1 aromatic heterocycles. The van der Waals surface area contributed by atoms with Crippen molar-refractivity contribution in [1.82, 2.24) is 15.3 Å². The molecule has 0 aliphatic carbocycles. The monoisotopic (exact) mass is 220 g/mol. The minimum absolute atomic E-state index is 0.140. The van der Waals surface area contributed by atoms with E-state index in [9.17, 15) is 4.79 Å². The Morgan fingerprint density at radius 3 is 3.31 bits per heavy atom. The molecule has 1 aliphatic heterocycles. The van der Waals surface area contributed by atoms with Crippen LogP contribution in [0.3, 0.4) is 0 Å². The van der Waals surface area contributed by atoms with Crippen molar-refractivity contribution < 1.29 is 4.74 Å². The van der Waals surface area contributed by atoms with E-state index in [0.717, 1.165) is 5.69 Å². The van der Waals surface area contributed by atoms with Gasteiger partial charge in [0.2, 0.25) is 0 Å². The van der Waals surface area contributed by atoms with E-state index in [1.807, 2.05) is 6.07 Å². The largest absolute Gasteiger partial charge is 0.376 e. The summed E-state index contributed by atoms with van der Waals surface area (Å²) in [5.41, 5.74) is 1.29. The third kappa shape index (κ3) is 2.27. The molecule has 0 fully saturated rings. The second-order valence-corrected chi connectivity index (χ2v) is 3.50. The van der Waals surface area contributed by atoms with Gasteiger partial charge in [-0.3, -0.25) is 10.1 Å². The van der Waals surface area contributed by atoms with Crippen molar-refractivity contribution in [3.05, 3.63) is 27.4 Å². The first kappa shape index (κ1) is 10.8. The number of hydrogen-bond donors (Lipinski definition) is 2. The van der Waals surface area contributed by atoms with E-state index in [1.54, 1.807) is 0 Å². The summed E-state index contributed by atoms with van der Waals surface area (Å²) in [4.78, 5) is 18.7. The number of H-pyrrole nitrogens is 1. The minimum atomic E-state index is -0.140. The molecule has 1 aromatic rings. The standard InChI is InChI=1S/C10H12N4O2/c11-2-3-12-5-9-13-8-1-4-16-6-7(8)10(15)14-9/h12H,1,3-6H2,(H,13,14,15). The van der Waals surface area contributed by atoms with Gasteiger partial charge in [-0.15, -0.1) is 0 Å². The van der Waals surface area contributed by atoms with Crippen molar-refractivity contribution in [3.63, 3.8) is 0 Å². The lowest BCUT2D eigenvalue weighted by atomic mass is 10.1. The number of rotatable bonds is 3. The van der Waals surface area contributed by atoms with Gasteiger partial charge in [-0.25, -0.2) is 4.98 Å². The zero-order valence-electron chi connectivity index (χ0n) is 8.75. The lowest BCUT2D eigenvalue weighted by molar-refractivity contribution is 0.108. The Balaban J connectivity index is 2.19. The van der Waals surface area contributed by atoms with Crippen LogP contribution in [0.4, 0.5) is 0 Å². The first-order valence-corrected chi connectivity index (χ1v) is 5.07. The Morgan fingerprint density at radius 1 is 1.62 bits per heavy atom. The summed E-state index contributed by atoms with van der Waals surface area (Å²) >= 11 is 0. The quantitative estimate of drug-likeness (QED) is 0.527. The molecular weight excluding hydrogens is 208 g/mol. The van der Waals surface area contributed by atoms with E-state index >= 15 is 0 Å². The molecule has 1 aliphatic rings. The fourth-order valence-electron chi connectivity index (χ4n) is 1.62. The van der Waals surface area contributed by atoms with Gasteiger partial charge in [-0.05, 0) is 0 Å². The van der Waals surface area contributed by atoms with Crippen LogP contribution in [-0.2, 0) is 24.3 Å². The number of nitrogens with zero attached hydrogens (tertiary/aromatic N) is 2. The first-order chi connectivity index (χ1) is 7.81. The van der Waals surface area contributed by atoms with Gasteiger partial charge in [-0.1, -0.05) is 0 Å². The molecule has 2 heterocycles. The highest BCUT2D eigenvalue weighted by Crippen LogP contribution is 2.09. The summed E-state index contributed by atoms with van der Waals surface area (Å²) < 4.78 is 5.20. The van der Waals surface area contributed by atoms with Crippen LogP contribution in [0.1, 0.15) is 17.1 Å². The number of aromatic nitrogens is 2. The summed E-state index contributed by atoms with van der Waals surface area (Å²) in [6.07, 6.45) is 0.671. The van der Waals surface area contributed by atoms with Crippen molar-refractivity contribution in [2.75, 3.05) is 13.2 Å². The van der Waals surface area contributed by atoms with Crippen LogP contribution in [0.15, 0.2) is 4.79 Å². The molecule has 0 spiro atoms. The van der Waals surface area contributed by atoms with Crippen LogP contribution in [-0.4, -0.2) is 23.1 Å². The van der Waals surface area contributed by atoms with Gasteiger partial charge in [0.1, 0.15) is 5.82 Å². The molecule has 0 bridgehead atoms. The van der Waals surface area contributed by atoms with Crippen molar-refractivity contribution in [3.8, 4) is 6.07 Å². The highest BCUT2D eigenvalue weighted by atomic mass is 16.5. The third-order valence-corrected chi connectivity index (χ3v) is 2.38. The van der Waals surface area contributed by atoms with Crippen molar-refractivity contribution in [2.45, 2.75) is 19.6 Å². The minimum Gasteiger partial charge on any atom is -0.376 e. The van der Waals surface area contributed by atoms with Crippen LogP contribution in [0.25, 0.3) is 0 Å². The van der Waals surface area contributed by atoms with Crippen LogP contribution >= 0.6 is 0 Å². The van der Waals surface area contributed by atoms with Crippen molar-refractivity contribution in [2.24, 2.45) is 0 Å². The van der Waals surface area contributed by atoms with Crippen molar-refractivity contribution >= 4 is 0 Å². The third-order valence-electron chi connectivity index (χ3n) is 2.38.